The number of aromatic amines is 1. The lowest BCUT2D eigenvalue weighted by molar-refractivity contribution is 0.835. The fourth-order valence-corrected chi connectivity index (χ4v) is 4.22. The summed E-state index contributed by atoms with van der Waals surface area (Å²) in [6.07, 6.45) is 12.2. The Morgan fingerprint density at radius 1 is 0.821 bits per heavy atom. The first-order valence-corrected chi connectivity index (χ1v) is 9.93. The van der Waals surface area contributed by atoms with Crippen molar-refractivity contribution in [2.75, 3.05) is 0 Å². The van der Waals surface area contributed by atoms with Crippen molar-refractivity contribution < 1.29 is 0 Å². The predicted octanol–water partition coefficient (Wildman–Crippen LogP) is 7.52. The molecule has 0 amide bonds. The van der Waals surface area contributed by atoms with Crippen LogP contribution in [0.1, 0.15) is 18.9 Å². The van der Waals surface area contributed by atoms with Gasteiger partial charge in [0.25, 0.3) is 0 Å². The third-order valence-corrected chi connectivity index (χ3v) is 5.62. The summed E-state index contributed by atoms with van der Waals surface area (Å²) in [7, 11) is 0. The van der Waals surface area contributed by atoms with E-state index in [1.165, 1.54) is 44.1 Å². The first-order valence-electron chi connectivity index (χ1n) is 9.93. The molecule has 0 saturated heterocycles. The van der Waals surface area contributed by atoms with Crippen LogP contribution in [-0.4, -0.2) is 4.98 Å². The van der Waals surface area contributed by atoms with Gasteiger partial charge >= 0.3 is 0 Å². The van der Waals surface area contributed by atoms with E-state index in [2.05, 4.69) is 109 Å². The fourth-order valence-electron chi connectivity index (χ4n) is 4.22. The number of hydrogen-bond acceptors (Lipinski definition) is 0. The van der Waals surface area contributed by atoms with Crippen LogP contribution < -0.4 is 0 Å². The first kappa shape index (κ1) is 16.8. The van der Waals surface area contributed by atoms with Gasteiger partial charge in [0.1, 0.15) is 0 Å². The van der Waals surface area contributed by atoms with Gasteiger partial charge in [-0.1, -0.05) is 72.8 Å². The highest BCUT2D eigenvalue weighted by Crippen LogP contribution is 2.33. The summed E-state index contributed by atoms with van der Waals surface area (Å²) >= 11 is 0. The second-order valence-corrected chi connectivity index (χ2v) is 7.48. The van der Waals surface area contributed by atoms with E-state index in [9.17, 15) is 0 Å². The van der Waals surface area contributed by atoms with Gasteiger partial charge in [-0.2, -0.15) is 0 Å². The maximum atomic E-state index is 3.51. The Kier molecular flexibility index (Phi) is 4.21. The molecule has 136 valence electrons. The van der Waals surface area contributed by atoms with E-state index in [1.54, 1.807) is 0 Å². The highest BCUT2D eigenvalue weighted by Gasteiger charge is 2.12. The molecule has 5 rings (SSSR count). The summed E-state index contributed by atoms with van der Waals surface area (Å²) in [5.41, 5.74) is 7.63. The number of nitrogens with one attached hydrogen (secondary N) is 1. The number of H-pyrrole nitrogens is 1. The zero-order valence-electron chi connectivity index (χ0n) is 16.0. The molecular weight excluding hydrogens is 338 g/mol. The van der Waals surface area contributed by atoms with Crippen LogP contribution in [0.3, 0.4) is 0 Å². The normalized spacial score (nSPS) is 16.9. The van der Waals surface area contributed by atoms with E-state index in [-0.39, 0.29) is 0 Å². The van der Waals surface area contributed by atoms with E-state index in [0.717, 1.165) is 6.42 Å². The van der Waals surface area contributed by atoms with Gasteiger partial charge in [0.15, 0.2) is 0 Å². The smallest absolute Gasteiger partial charge is 0.0465 e. The fraction of sp³-hybridized carbons (Fsp3) is 0.111. The summed E-state index contributed by atoms with van der Waals surface area (Å²) < 4.78 is 0. The monoisotopic (exact) mass is 361 g/mol. The van der Waals surface area contributed by atoms with Crippen LogP contribution >= 0.6 is 0 Å². The predicted molar refractivity (Wildman–Crippen MR) is 121 cm³/mol. The minimum Gasteiger partial charge on any atom is -0.355 e. The molecule has 0 aliphatic heterocycles. The minimum atomic E-state index is 0.497. The molecule has 1 N–H and O–H groups in total. The van der Waals surface area contributed by atoms with E-state index in [0.29, 0.717) is 5.92 Å². The largest absolute Gasteiger partial charge is 0.355 e. The Hall–Kier alpha value is -3.32. The summed E-state index contributed by atoms with van der Waals surface area (Å²) in [5.74, 6) is 0.497. The molecular formula is C27H23N. The Labute approximate surface area is 165 Å². The molecule has 4 aromatic rings. The number of para-hydroxylation sites is 1. The van der Waals surface area contributed by atoms with Gasteiger partial charge < -0.3 is 4.98 Å². The van der Waals surface area contributed by atoms with Crippen molar-refractivity contribution in [3.8, 4) is 11.1 Å². The summed E-state index contributed by atoms with van der Waals surface area (Å²) in [6.45, 7) is 2.09. The molecule has 1 unspecified atom stereocenters. The van der Waals surface area contributed by atoms with E-state index in [1.807, 2.05) is 0 Å². The Morgan fingerprint density at radius 2 is 1.64 bits per heavy atom. The van der Waals surface area contributed by atoms with Crippen molar-refractivity contribution in [1.82, 2.24) is 4.98 Å². The van der Waals surface area contributed by atoms with Gasteiger partial charge in [-0.05, 0) is 65.8 Å². The first-order chi connectivity index (χ1) is 13.8. The Balaban J connectivity index is 1.55. The lowest BCUT2D eigenvalue weighted by Crippen LogP contribution is -1.98. The molecule has 1 atom stereocenters. The highest BCUT2D eigenvalue weighted by atomic mass is 14.7. The molecule has 0 spiro atoms. The quantitative estimate of drug-likeness (QED) is 0.363. The lowest BCUT2D eigenvalue weighted by atomic mass is 9.88. The highest BCUT2D eigenvalue weighted by molar-refractivity contribution is 6.08. The van der Waals surface area contributed by atoms with Gasteiger partial charge in [0.2, 0.25) is 0 Å². The third kappa shape index (κ3) is 2.99. The van der Waals surface area contributed by atoms with E-state index >= 15 is 0 Å². The standard InChI is InChI=1S/C27H23N/c1-2-7-19-8-5-9-20(16-19)21-10-6-11-22(17-21)23-14-15-27-25(18-23)24-12-3-4-13-26(24)28-27/h2-15,17-19,28H,16H2,1H3/b7-2+. The van der Waals surface area contributed by atoms with Crippen LogP contribution in [0.4, 0.5) is 0 Å². The van der Waals surface area contributed by atoms with Crippen LogP contribution in [0.5, 0.6) is 0 Å². The molecule has 1 aliphatic rings. The van der Waals surface area contributed by atoms with Gasteiger partial charge in [-0.25, -0.2) is 0 Å². The number of fused-ring (bicyclic) bond motifs is 3. The summed E-state index contributed by atoms with van der Waals surface area (Å²) in [4.78, 5) is 3.51. The number of rotatable bonds is 3. The molecule has 3 aromatic carbocycles. The van der Waals surface area contributed by atoms with E-state index in [4.69, 9.17) is 0 Å². The lowest BCUT2D eigenvalue weighted by Gasteiger charge is -2.16. The molecule has 0 radical (unpaired) electrons. The van der Waals surface area contributed by atoms with Gasteiger partial charge in [-0.15, -0.1) is 0 Å². The topological polar surface area (TPSA) is 15.8 Å². The Bertz CT molecular complexity index is 1250. The number of allylic oxidation sites excluding steroid dienone is 6. The molecule has 0 bridgehead atoms. The second kappa shape index (κ2) is 7.01. The number of hydrogen-bond donors (Lipinski definition) is 1. The molecule has 0 fully saturated rings. The van der Waals surface area contributed by atoms with Crippen molar-refractivity contribution in [3.63, 3.8) is 0 Å². The molecule has 1 heterocycles. The maximum Gasteiger partial charge on any atom is 0.0465 e. The molecule has 1 nitrogen and oxygen atoms in total. The molecule has 1 aromatic heterocycles. The molecule has 1 aliphatic carbocycles. The van der Waals surface area contributed by atoms with Crippen LogP contribution in [0.15, 0.2) is 97.1 Å². The molecule has 28 heavy (non-hydrogen) atoms. The Morgan fingerprint density at radius 3 is 2.57 bits per heavy atom. The van der Waals surface area contributed by atoms with Crippen molar-refractivity contribution >= 4 is 27.4 Å². The average Bonchev–Trinajstić information content (AvgIpc) is 3.12. The van der Waals surface area contributed by atoms with Crippen molar-refractivity contribution in [2.24, 2.45) is 5.92 Å². The van der Waals surface area contributed by atoms with Crippen molar-refractivity contribution in [3.05, 3.63) is 103 Å². The second-order valence-electron chi connectivity index (χ2n) is 7.48. The van der Waals surface area contributed by atoms with E-state index < -0.39 is 0 Å². The van der Waals surface area contributed by atoms with Gasteiger partial charge in [0.05, 0.1) is 0 Å². The summed E-state index contributed by atoms with van der Waals surface area (Å²) in [5, 5.41) is 2.57. The van der Waals surface area contributed by atoms with Crippen LogP contribution in [-0.2, 0) is 0 Å². The number of aromatic nitrogens is 1. The zero-order chi connectivity index (χ0) is 18.9. The third-order valence-electron chi connectivity index (χ3n) is 5.62. The summed E-state index contributed by atoms with van der Waals surface area (Å²) in [6, 6.07) is 24.2. The van der Waals surface area contributed by atoms with Crippen LogP contribution in [0.2, 0.25) is 0 Å². The zero-order valence-corrected chi connectivity index (χ0v) is 16.0. The average molecular weight is 361 g/mol. The van der Waals surface area contributed by atoms with Crippen molar-refractivity contribution in [1.29, 1.82) is 0 Å². The molecule has 0 saturated carbocycles. The van der Waals surface area contributed by atoms with Crippen LogP contribution in [0, 0.1) is 5.92 Å². The minimum absolute atomic E-state index is 0.497. The SMILES string of the molecule is C/C=C/C1C=CC=C(c2cccc(-c3ccc4[nH]c5ccccc5c4c3)c2)C1. The van der Waals surface area contributed by atoms with Crippen molar-refractivity contribution in [2.45, 2.75) is 13.3 Å². The van der Waals surface area contributed by atoms with Gasteiger partial charge in [-0.3, -0.25) is 0 Å². The van der Waals surface area contributed by atoms with Gasteiger partial charge in [0, 0.05) is 21.8 Å². The maximum absolute atomic E-state index is 3.51. The number of benzene rings is 3. The molecule has 1 heteroatoms. The van der Waals surface area contributed by atoms with Crippen LogP contribution in [0.25, 0.3) is 38.5 Å².